The average Bonchev–Trinajstić information content (AvgIpc) is 1.66. The Morgan fingerprint density at radius 1 is 0.677 bits per heavy atom. The first kappa shape index (κ1) is 103. The molecule has 2 unspecified atom stereocenters. The standard InChI is InChI=1S/C27H34FN5O3.2C16H25N2.2C13H19N2.C11H11F3N2OS.C10H14O3/c1-19(2)33(16-8-15-32-13-6-3-7-14-32)27-31-30-26(36-27)22-12-11-21(17-20(22)18-34)29-25(35)23-9-4-5-10-24(23)28;1-13(2)18-9-3-4-15(12-18)16-6-5-14-7-10-17(16)11-8-14;1-13(2)18-10-7-14(8-11-18)5-6-16(18)15-4-3-9-17-12-15;1-11(2)15-9-4-3-7-13(15)12-6-5-8-14-10-12;1-11(2)15-9-5-6-12(10-15)13-7-3-4-8-14-13;1-6(2)15-10-16-8-4-3-7(5-9(8)18-10)17-11(12,13)14;1-7(2)13-8-4-5-9(11)10(6-8)12-3/h4-5,9-12,17,19,34H,3,6-8,13-16,18H2,1-2H3,(H,29,35);2*3-4,9,12-14,16H,5-8,10-11H2,1-2H3;5-6,8,10-11H,3-4,7,9H2,1-2H3;5-6,9-11H,3-4,7-8H2,1-2H3;3-6H,1-2H3,(H,15,16);4-7,11H,1-3H3/q;4*+1;;. The number of phenolic OH excluding ortho intramolecular Hbond substituents is 1. The molecule has 0 radical (unpaired) electrons. The van der Waals surface area contributed by atoms with Gasteiger partial charge in [0, 0.05) is 128 Å². The van der Waals surface area contributed by atoms with Gasteiger partial charge in [0.2, 0.25) is 5.89 Å². The molecule has 133 heavy (non-hydrogen) atoms. The van der Waals surface area contributed by atoms with E-state index in [4.69, 9.17) is 13.9 Å². The summed E-state index contributed by atoms with van der Waals surface area (Å²) < 4.78 is 79.5. The Kier molecular flexibility index (Phi) is 39.4. The number of ether oxygens (including phenoxy) is 3. The predicted octanol–water partition coefficient (Wildman–Crippen LogP) is 22.6. The maximum Gasteiger partial charge on any atom is 0.573 e. The third kappa shape index (κ3) is 30.6. The lowest BCUT2D eigenvalue weighted by molar-refractivity contribution is -0.978. The van der Waals surface area contributed by atoms with Crippen molar-refractivity contribution in [2.24, 2.45) is 16.8 Å². The number of halogens is 4. The number of nitrogens with one attached hydrogen (secondary N) is 2. The summed E-state index contributed by atoms with van der Waals surface area (Å²) in [5.74, 6) is 2.16. The number of nitrogens with zero attached hydrogens (tertiary/aromatic N) is 13. The fourth-order valence-electron chi connectivity index (χ4n) is 18.9. The highest BCUT2D eigenvalue weighted by Crippen LogP contribution is 2.46. The van der Waals surface area contributed by atoms with Crippen molar-refractivity contribution < 1.29 is 69.4 Å². The Bertz CT molecular complexity index is 5280. The number of hydrogen-bond acceptors (Lipinski definition) is 18. The van der Waals surface area contributed by atoms with Gasteiger partial charge >= 0.3 is 12.4 Å². The van der Waals surface area contributed by atoms with Gasteiger partial charge in [0.15, 0.2) is 59.2 Å². The third-order valence-corrected chi connectivity index (χ3v) is 27.1. The first-order valence-corrected chi connectivity index (χ1v) is 49.4. The SMILES string of the molecule is CC(C)N(CCCN1CCCCC1)c1nnc(-c2ccc(NC(=O)c3ccccc3F)cc2CO)o1.CC(C)Nc1nc2ccc(OC(F)(F)F)cc2s1.CC(C)[N+]12CCC(CCC1c1cccnc1)CC2.CC(C)[N+]1=C(c2cccnc2)CCCC1.CC(C)[n+]1cccc(C2=NCCCC2)c1.CC(C)[n+]1cccc(C2CCC3CCN2CC3)c1.COc1cc(OC(C)C)ccc1O. The zero-order valence-electron chi connectivity index (χ0n) is 81.3. The fraction of sp³-hybridized carbons (Fsp3) is 0.528. The number of aliphatic imine (C=N–C) groups is 1. The normalized spacial score (nSPS) is 19.4. The molecule has 15 heterocycles. The summed E-state index contributed by atoms with van der Waals surface area (Å²) in [5.41, 5.74) is 10.5. The number of amides is 1. The quantitative estimate of drug-likeness (QED) is 0.0251. The highest BCUT2D eigenvalue weighted by molar-refractivity contribution is 7.22. The Morgan fingerprint density at radius 2 is 1.36 bits per heavy atom. The van der Waals surface area contributed by atoms with Gasteiger partial charge in [0.05, 0.1) is 65.9 Å². The molecule has 27 heteroatoms. The van der Waals surface area contributed by atoms with Gasteiger partial charge in [0.1, 0.15) is 35.9 Å². The molecular formula is C106H147F4N15O7S+4. The molecule has 1 amide bonds. The predicted molar refractivity (Wildman–Crippen MR) is 525 cm³/mol. The third-order valence-electron chi connectivity index (χ3n) is 26.2. The molecule has 19 rings (SSSR count). The number of likely N-dealkylation sites (tertiary alicyclic amines) is 1. The lowest BCUT2D eigenvalue weighted by atomic mass is 9.94. The smallest absolute Gasteiger partial charge is 0.504 e. The van der Waals surface area contributed by atoms with Crippen molar-refractivity contribution in [3.8, 4) is 34.5 Å². The summed E-state index contributed by atoms with van der Waals surface area (Å²) in [6.07, 6.45) is 35.9. The molecule has 22 nitrogen and oxygen atoms in total. The van der Waals surface area contributed by atoms with E-state index in [0.29, 0.717) is 85.8 Å². The molecule has 4 bridgehead atoms. The van der Waals surface area contributed by atoms with Gasteiger partial charge in [-0.2, -0.15) is 0 Å². The molecule has 0 aliphatic carbocycles. The van der Waals surface area contributed by atoms with Gasteiger partial charge in [-0.15, -0.1) is 18.3 Å². The van der Waals surface area contributed by atoms with E-state index in [2.05, 4.69) is 217 Å². The maximum absolute atomic E-state index is 13.9. The number of thiazole rings is 1. The van der Waals surface area contributed by atoms with Crippen LogP contribution in [-0.4, -0.2) is 181 Å². The van der Waals surface area contributed by atoms with Crippen molar-refractivity contribution in [3.63, 3.8) is 0 Å². The van der Waals surface area contributed by atoms with E-state index < -0.39 is 18.1 Å². The number of aliphatic hydroxyl groups excluding tert-OH is 1. The molecule has 2 atom stereocenters. The average molecular weight is 1850 g/mol. The van der Waals surface area contributed by atoms with Crippen LogP contribution in [0.3, 0.4) is 0 Å². The number of quaternary nitrogens is 1. The highest BCUT2D eigenvalue weighted by atomic mass is 32.1. The fourth-order valence-corrected chi connectivity index (χ4v) is 20.0. The molecule has 7 fully saturated rings. The molecular weight excluding hydrogens is 1700 g/mol. The molecule has 6 aromatic heterocycles. The van der Waals surface area contributed by atoms with Gasteiger partial charge in [-0.25, -0.2) is 23.1 Å². The number of aromatic nitrogens is 7. The van der Waals surface area contributed by atoms with E-state index in [1.54, 1.807) is 42.5 Å². The molecule has 7 saturated heterocycles. The van der Waals surface area contributed by atoms with E-state index in [0.717, 1.165) is 50.4 Å². The van der Waals surface area contributed by atoms with Gasteiger partial charge < -0.3 is 53.8 Å². The van der Waals surface area contributed by atoms with Crippen molar-refractivity contribution in [2.45, 2.75) is 280 Å². The van der Waals surface area contributed by atoms with Gasteiger partial charge in [-0.3, -0.25) is 24.7 Å². The van der Waals surface area contributed by atoms with Crippen LogP contribution in [0.5, 0.6) is 23.0 Å². The molecule has 718 valence electrons. The molecule has 9 aliphatic heterocycles. The number of carbonyl (C=O) groups is 1. The summed E-state index contributed by atoms with van der Waals surface area (Å²) in [7, 11) is 1.51. The number of phenols is 1. The number of methoxy groups -OCH3 is 1. The number of fused-ring (bicyclic) bond motifs is 9. The van der Waals surface area contributed by atoms with E-state index in [-0.39, 0.29) is 41.9 Å². The number of pyridine rings is 4. The van der Waals surface area contributed by atoms with E-state index >= 15 is 0 Å². The minimum Gasteiger partial charge on any atom is -0.504 e. The van der Waals surface area contributed by atoms with E-state index in [1.165, 1.54) is 242 Å². The minimum absolute atomic E-state index is 0.0530. The summed E-state index contributed by atoms with van der Waals surface area (Å²) >= 11 is 1.30. The first-order valence-electron chi connectivity index (χ1n) is 48.6. The number of alkyl halides is 3. The Hall–Kier alpha value is -10.3. The van der Waals surface area contributed by atoms with E-state index in [1.807, 2.05) is 52.4 Å². The molecule has 4 aromatic carbocycles. The van der Waals surface area contributed by atoms with Crippen LogP contribution in [0.25, 0.3) is 21.7 Å². The number of benzene rings is 4. The Balaban J connectivity index is 0.000000154. The van der Waals surface area contributed by atoms with Crippen molar-refractivity contribution in [1.82, 2.24) is 34.9 Å². The first-order chi connectivity index (χ1) is 63.9. The summed E-state index contributed by atoms with van der Waals surface area (Å²) in [6.45, 7) is 41.8. The number of piperidine rings is 3. The zero-order valence-corrected chi connectivity index (χ0v) is 82.1. The number of rotatable bonds is 24. The summed E-state index contributed by atoms with van der Waals surface area (Å²) in [5, 5.41) is 34.2. The monoisotopic (exact) mass is 1850 g/mol. The maximum atomic E-state index is 13.9. The lowest BCUT2D eigenvalue weighted by Crippen LogP contribution is -2.57. The highest BCUT2D eigenvalue weighted by Gasteiger charge is 2.47. The Labute approximate surface area is 791 Å². The molecule has 0 spiro atoms. The molecule has 10 aromatic rings. The van der Waals surface area contributed by atoms with Crippen LogP contribution in [0, 0.1) is 17.7 Å². The Morgan fingerprint density at radius 3 is 2.01 bits per heavy atom. The van der Waals surface area contributed by atoms with Crippen molar-refractivity contribution in [2.75, 3.05) is 88.1 Å². The van der Waals surface area contributed by atoms with Crippen LogP contribution < -0.4 is 38.9 Å². The second-order valence-electron chi connectivity index (χ2n) is 38.0. The number of hydrogen-bond donors (Lipinski definition) is 4. The molecule has 0 saturated carbocycles. The van der Waals surface area contributed by atoms with Crippen LogP contribution in [0.15, 0.2) is 186 Å². The van der Waals surface area contributed by atoms with Crippen LogP contribution >= 0.6 is 11.3 Å². The largest absolute Gasteiger partial charge is 0.573 e. The number of aliphatic hydroxyl groups is 1. The van der Waals surface area contributed by atoms with Gasteiger partial charge in [0.25, 0.3) is 5.91 Å². The molecule has 9 aliphatic rings. The summed E-state index contributed by atoms with van der Waals surface area (Å²) in [6, 6.07) is 41.8. The minimum atomic E-state index is -4.67. The summed E-state index contributed by atoms with van der Waals surface area (Å²) in [4.78, 5) is 37.2. The second kappa shape index (κ2) is 50.9. The number of aromatic hydroxyl groups is 1. The van der Waals surface area contributed by atoms with Crippen LogP contribution in [0.4, 0.5) is 34.4 Å². The van der Waals surface area contributed by atoms with Crippen LogP contribution in [-0.2, 0) is 6.61 Å². The van der Waals surface area contributed by atoms with Crippen LogP contribution in [0.1, 0.15) is 275 Å². The zero-order chi connectivity index (χ0) is 95.1. The molecule has 4 N–H and O–H groups in total. The second-order valence-corrected chi connectivity index (χ2v) is 39.0. The van der Waals surface area contributed by atoms with Crippen molar-refractivity contribution in [3.05, 3.63) is 216 Å². The number of anilines is 3. The van der Waals surface area contributed by atoms with Crippen molar-refractivity contribution in [1.29, 1.82) is 0 Å². The number of carbonyl (C=O) groups excluding carboxylic acids is 1. The topological polar surface area (TPSA) is 220 Å². The van der Waals surface area contributed by atoms with E-state index in [9.17, 15) is 32.6 Å². The van der Waals surface area contributed by atoms with Crippen LogP contribution in [0.2, 0.25) is 0 Å². The lowest BCUT2D eigenvalue weighted by Gasteiger charge is -2.49. The van der Waals surface area contributed by atoms with Crippen molar-refractivity contribution >= 4 is 55.7 Å². The van der Waals surface area contributed by atoms with Gasteiger partial charge in [-0.1, -0.05) is 41.1 Å². The van der Waals surface area contributed by atoms with Gasteiger partial charge in [-0.05, 0) is 322 Å².